The fourth-order valence-corrected chi connectivity index (χ4v) is 2.24. The number of rotatable bonds is 4. The first-order valence-corrected chi connectivity index (χ1v) is 6.44. The molecule has 1 aliphatic carbocycles. The summed E-state index contributed by atoms with van der Waals surface area (Å²) in [4.78, 5) is 16.1. The third-order valence-electron chi connectivity index (χ3n) is 3.54. The topological polar surface area (TPSA) is 46.4 Å². The van der Waals surface area contributed by atoms with Crippen LogP contribution in [0.1, 0.15) is 19.0 Å². The summed E-state index contributed by atoms with van der Waals surface area (Å²) < 4.78 is 2.00. The van der Waals surface area contributed by atoms with Gasteiger partial charge in [0.25, 0.3) is 0 Å². The molecule has 2 aromatic rings. The van der Waals surface area contributed by atoms with Crippen molar-refractivity contribution in [2.75, 3.05) is 6.54 Å². The molecule has 0 aromatic carbocycles. The van der Waals surface area contributed by atoms with Gasteiger partial charge in [-0.15, -0.1) is 0 Å². The van der Waals surface area contributed by atoms with Gasteiger partial charge in [0, 0.05) is 31.3 Å². The van der Waals surface area contributed by atoms with E-state index in [1.165, 1.54) is 0 Å². The lowest BCUT2D eigenvalue weighted by Gasteiger charge is -2.02. The Labute approximate surface area is 106 Å². The van der Waals surface area contributed by atoms with Crippen LogP contribution in [0.3, 0.4) is 0 Å². The number of imidazole rings is 1. The zero-order chi connectivity index (χ0) is 12.5. The lowest BCUT2D eigenvalue weighted by atomic mass is 10.3. The molecule has 1 fully saturated rings. The first kappa shape index (κ1) is 11.3. The molecule has 1 saturated carbocycles. The minimum atomic E-state index is 0.200. The monoisotopic (exact) mass is 243 g/mol. The van der Waals surface area contributed by atoms with E-state index >= 15 is 0 Å². The van der Waals surface area contributed by atoms with E-state index in [4.69, 9.17) is 0 Å². The average Bonchev–Trinajstić information content (AvgIpc) is 2.95. The van der Waals surface area contributed by atoms with Crippen LogP contribution in [-0.2, 0) is 11.2 Å². The van der Waals surface area contributed by atoms with Gasteiger partial charge in [0.1, 0.15) is 5.65 Å². The molecule has 94 valence electrons. The Morgan fingerprint density at radius 3 is 3.11 bits per heavy atom. The molecule has 0 spiro atoms. The van der Waals surface area contributed by atoms with Gasteiger partial charge in [-0.05, 0) is 24.5 Å². The highest BCUT2D eigenvalue weighted by molar-refractivity contribution is 5.81. The van der Waals surface area contributed by atoms with Crippen LogP contribution in [0.5, 0.6) is 0 Å². The van der Waals surface area contributed by atoms with Gasteiger partial charge in [0.05, 0.1) is 5.69 Å². The van der Waals surface area contributed by atoms with Crippen LogP contribution in [0, 0.1) is 11.8 Å². The number of carbonyl (C=O) groups is 1. The minimum Gasteiger partial charge on any atom is -0.355 e. The van der Waals surface area contributed by atoms with Crippen molar-refractivity contribution in [3.8, 4) is 0 Å². The Bertz CT molecular complexity index is 542. The summed E-state index contributed by atoms with van der Waals surface area (Å²) in [7, 11) is 0. The van der Waals surface area contributed by atoms with Crippen molar-refractivity contribution in [1.29, 1.82) is 0 Å². The Morgan fingerprint density at radius 2 is 2.39 bits per heavy atom. The van der Waals surface area contributed by atoms with Crippen molar-refractivity contribution in [3.63, 3.8) is 0 Å². The normalized spacial score (nSPS) is 22.1. The molecule has 18 heavy (non-hydrogen) atoms. The largest absolute Gasteiger partial charge is 0.355 e. The zero-order valence-corrected chi connectivity index (χ0v) is 10.5. The van der Waals surface area contributed by atoms with E-state index in [2.05, 4.69) is 17.2 Å². The number of pyridine rings is 1. The van der Waals surface area contributed by atoms with E-state index in [1.807, 2.05) is 35.0 Å². The maximum atomic E-state index is 11.6. The number of fused-ring (bicyclic) bond motifs is 1. The summed E-state index contributed by atoms with van der Waals surface area (Å²) in [5.41, 5.74) is 1.97. The molecule has 2 heterocycles. The predicted octanol–water partition coefficient (Wildman–Crippen LogP) is 1.65. The van der Waals surface area contributed by atoms with Crippen molar-refractivity contribution in [3.05, 3.63) is 36.3 Å². The van der Waals surface area contributed by atoms with E-state index in [0.29, 0.717) is 12.5 Å². The van der Waals surface area contributed by atoms with E-state index in [9.17, 15) is 4.79 Å². The average molecular weight is 243 g/mol. The molecule has 0 bridgehead atoms. The van der Waals surface area contributed by atoms with E-state index in [0.717, 1.165) is 24.2 Å². The minimum absolute atomic E-state index is 0.200. The Hall–Kier alpha value is -1.84. The molecule has 2 aromatic heterocycles. The Morgan fingerprint density at radius 1 is 1.56 bits per heavy atom. The number of nitrogens with one attached hydrogen (secondary N) is 1. The van der Waals surface area contributed by atoms with Gasteiger partial charge in [0.15, 0.2) is 0 Å². The molecule has 4 nitrogen and oxygen atoms in total. The number of amides is 1. The molecule has 1 N–H and O–H groups in total. The fraction of sp³-hybridized carbons (Fsp3) is 0.429. The SMILES string of the molecule is C[C@H]1C[C@@H]1C(=O)NCCc1cn2ccccc2n1. The lowest BCUT2D eigenvalue weighted by Crippen LogP contribution is -2.27. The molecule has 0 radical (unpaired) electrons. The molecule has 0 aliphatic heterocycles. The van der Waals surface area contributed by atoms with Crippen LogP contribution < -0.4 is 5.32 Å². The third-order valence-corrected chi connectivity index (χ3v) is 3.54. The fourth-order valence-electron chi connectivity index (χ4n) is 2.24. The summed E-state index contributed by atoms with van der Waals surface area (Å²) >= 11 is 0. The predicted molar refractivity (Wildman–Crippen MR) is 69.2 cm³/mol. The van der Waals surface area contributed by atoms with Gasteiger partial charge < -0.3 is 9.72 Å². The molecule has 2 atom stereocenters. The van der Waals surface area contributed by atoms with Crippen molar-refractivity contribution in [1.82, 2.24) is 14.7 Å². The van der Waals surface area contributed by atoms with Crippen molar-refractivity contribution >= 4 is 11.6 Å². The number of hydrogen-bond donors (Lipinski definition) is 1. The third kappa shape index (κ3) is 2.23. The number of nitrogens with zero attached hydrogens (tertiary/aromatic N) is 2. The van der Waals surface area contributed by atoms with Crippen molar-refractivity contribution in [2.45, 2.75) is 19.8 Å². The maximum Gasteiger partial charge on any atom is 0.223 e. The summed E-state index contributed by atoms with van der Waals surface area (Å²) in [6.45, 7) is 2.79. The molecule has 4 heteroatoms. The molecular formula is C14H17N3O. The standard InChI is InChI=1S/C14H17N3O/c1-10-8-12(10)14(18)15-6-5-11-9-17-7-3-2-4-13(17)16-11/h2-4,7,9-10,12H,5-6,8H2,1H3,(H,15,18)/t10-,12-/m0/s1. The first-order valence-electron chi connectivity index (χ1n) is 6.44. The quantitative estimate of drug-likeness (QED) is 0.887. The Kier molecular flexibility index (Phi) is 2.78. The summed E-state index contributed by atoms with van der Waals surface area (Å²) in [5.74, 6) is 1.03. The highest BCUT2D eigenvalue weighted by Gasteiger charge is 2.38. The second-order valence-corrected chi connectivity index (χ2v) is 5.06. The highest BCUT2D eigenvalue weighted by Crippen LogP contribution is 2.37. The van der Waals surface area contributed by atoms with Gasteiger partial charge in [-0.2, -0.15) is 0 Å². The molecule has 0 saturated heterocycles. The van der Waals surface area contributed by atoms with Gasteiger partial charge in [-0.25, -0.2) is 4.98 Å². The second kappa shape index (κ2) is 4.44. The van der Waals surface area contributed by atoms with Crippen LogP contribution in [0.4, 0.5) is 0 Å². The molecule has 1 aliphatic rings. The number of carbonyl (C=O) groups excluding carboxylic acids is 1. The van der Waals surface area contributed by atoms with Gasteiger partial charge >= 0.3 is 0 Å². The summed E-state index contributed by atoms with van der Waals surface area (Å²) in [6.07, 6.45) is 5.83. The first-order chi connectivity index (χ1) is 8.74. The van der Waals surface area contributed by atoms with E-state index in [-0.39, 0.29) is 11.8 Å². The van der Waals surface area contributed by atoms with Crippen molar-refractivity contribution in [2.24, 2.45) is 11.8 Å². The molecule has 1 amide bonds. The summed E-state index contributed by atoms with van der Waals surface area (Å²) in [5, 5.41) is 2.98. The van der Waals surface area contributed by atoms with Crippen LogP contribution in [0.15, 0.2) is 30.6 Å². The van der Waals surface area contributed by atoms with E-state index in [1.54, 1.807) is 0 Å². The highest BCUT2D eigenvalue weighted by atomic mass is 16.2. The summed E-state index contributed by atoms with van der Waals surface area (Å²) in [6, 6.07) is 5.94. The van der Waals surface area contributed by atoms with Crippen molar-refractivity contribution < 1.29 is 4.79 Å². The zero-order valence-electron chi connectivity index (χ0n) is 10.5. The molecule has 0 unspecified atom stereocenters. The number of hydrogen-bond acceptors (Lipinski definition) is 2. The van der Waals surface area contributed by atoms with E-state index < -0.39 is 0 Å². The van der Waals surface area contributed by atoms with Gasteiger partial charge in [-0.3, -0.25) is 4.79 Å². The van der Waals surface area contributed by atoms with Crippen LogP contribution in [0.2, 0.25) is 0 Å². The molecular weight excluding hydrogens is 226 g/mol. The second-order valence-electron chi connectivity index (χ2n) is 5.06. The van der Waals surface area contributed by atoms with Gasteiger partial charge in [-0.1, -0.05) is 13.0 Å². The lowest BCUT2D eigenvalue weighted by molar-refractivity contribution is -0.122. The maximum absolute atomic E-state index is 11.6. The smallest absolute Gasteiger partial charge is 0.223 e. The van der Waals surface area contributed by atoms with Gasteiger partial charge in [0.2, 0.25) is 5.91 Å². The van der Waals surface area contributed by atoms with Crippen LogP contribution in [-0.4, -0.2) is 21.8 Å². The molecule has 3 rings (SSSR count). The van der Waals surface area contributed by atoms with Crippen LogP contribution in [0.25, 0.3) is 5.65 Å². The number of aromatic nitrogens is 2. The van der Waals surface area contributed by atoms with Crippen LogP contribution >= 0.6 is 0 Å². The Balaban J connectivity index is 1.55.